The summed E-state index contributed by atoms with van der Waals surface area (Å²) in [6, 6.07) is 12.3. The van der Waals surface area contributed by atoms with E-state index >= 15 is 0 Å². The van der Waals surface area contributed by atoms with Gasteiger partial charge in [-0.1, -0.05) is 6.07 Å². The number of imide groups is 1. The molecule has 1 N–H and O–H groups in total. The summed E-state index contributed by atoms with van der Waals surface area (Å²) in [5.41, 5.74) is 1.04. The Hall–Kier alpha value is -1.96. The van der Waals surface area contributed by atoms with E-state index in [1.807, 2.05) is 12.1 Å². The van der Waals surface area contributed by atoms with E-state index in [1.54, 1.807) is 24.3 Å². The molecule has 1 heterocycles. The van der Waals surface area contributed by atoms with Gasteiger partial charge in [-0.25, -0.2) is 9.29 Å². The molecular weight excluding hydrogens is 398 g/mol. The SMILES string of the molecule is O=C1C[C@H](Nc2cccc(F)c2)C(=O)N1c1ccc(I)cc1. The number of hydrogen-bond donors (Lipinski definition) is 1. The molecule has 2 amide bonds. The monoisotopic (exact) mass is 410 g/mol. The van der Waals surface area contributed by atoms with E-state index in [2.05, 4.69) is 27.9 Å². The minimum Gasteiger partial charge on any atom is -0.373 e. The fourth-order valence-electron chi connectivity index (χ4n) is 2.39. The normalized spacial score (nSPS) is 17.9. The van der Waals surface area contributed by atoms with Crippen molar-refractivity contribution in [3.05, 3.63) is 57.9 Å². The van der Waals surface area contributed by atoms with Crippen molar-refractivity contribution in [2.45, 2.75) is 12.5 Å². The van der Waals surface area contributed by atoms with Crippen molar-refractivity contribution in [2.24, 2.45) is 0 Å². The van der Waals surface area contributed by atoms with Gasteiger partial charge in [0, 0.05) is 9.26 Å². The number of benzene rings is 2. The van der Waals surface area contributed by atoms with Gasteiger partial charge >= 0.3 is 0 Å². The first-order valence-corrected chi connectivity index (χ1v) is 7.77. The molecule has 3 rings (SSSR count). The highest BCUT2D eigenvalue weighted by Gasteiger charge is 2.39. The molecule has 112 valence electrons. The maximum Gasteiger partial charge on any atom is 0.256 e. The minimum absolute atomic E-state index is 0.0569. The zero-order chi connectivity index (χ0) is 15.7. The molecule has 1 aliphatic heterocycles. The Bertz CT molecular complexity index is 733. The lowest BCUT2D eigenvalue weighted by Gasteiger charge is -2.16. The summed E-state index contributed by atoms with van der Waals surface area (Å²) >= 11 is 2.16. The lowest BCUT2D eigenvalue weighted by molar-refractivity contribution is -0.121. The van der Waals surface area contributed by atoms with E-state index in [-0.39, 0.29) is 18.2 Å². The molecule has 0 bridgehead atoms. The first-order valence-electron chi connectivity index (χ1n) is 6.69. The van der Waals surface area contributed by atoms with Crippen LogP contribution in [0.4, 0.5) is 15.8 Å². The molecule has 2 aromatic rings. The van der Waals surface area contributed by atoms with Crippen LogP contribution in [-0.4, -0.2) is 17.9 Å². The zero-order valence-electron chi connectivity index (χ0n) is 11.4. The van der Waals surface area contributed by atoms with Crippen LogP contribution in [0.1, 0.15) is 6.42 Å². The predicted molar refractivity (Wildman–Crippen MR) is 90.1 cm³/mol. The van der Waals surface area contributed by atoms with Gasteiger partial charge in [0.05, 0.1) is 12.1 Å². The molecule has 1 aliphatic rings. The second-order valence-electron chi connectivity index (χ2n) is 4.96. The van der Waals surface area contributed by atoms with Gasteiger partial charge in [0.1, 0.15) is 11.9 Å². The number of halogens is 2. The first-order chi connectivity index (χ1) is 10.5. The lowest BCUT2D eigenvalue weighted by Crippen LogP contribution is -2.34. The van der Waals surface area contributed by atoms with Crippen LogP contribution in [0.3, 0.4) is 0 Å². The standard InChI is InChI=1S/C16H12FIN2O2/c17-10-2-1-3-12(8-10)19-14-9-15(21)20(16(14)22)13-6-4-11(18)5-7-13/h1-8,14,19H,9H2/t14-/m0/s1. The molecule has 0 aliphatic carbocycles. The Kier molecular flexibility index (Phi) is 4.10. The van der Waals surface area contributed by atoms with Crippen molar-refractivity contribution in [3.8, 4) is 0 Å². The molecule has 0 spiro atoms. The Balaban J connectivity index is 1.81. The van der Waals surface area contributed by atoms with Crippen LogP contribution < -0.4 is 10.2 Å². The summed E-state index contributed by atoms with van der Waals surface area (Å²) in [6.07, 6.45) is 0.0569. The Morgan fingerprint density at radius 1 is 1.14 bits per heavy atom. The summed E-state index contributed by atoms with van der Waals surface area (Å²) in [5.74, 6) is -0.980. The average molecular weight is 410 g/mol. The molecule has 0 aromatic heterocycles. The van der Waals surface area contributed by atoms with E-state index in [0.29, 0.717) is 11.4 Å². The van der Waals surface area contributed by atoms with Gasteiger partial charge in [-0.15, -0.1) is 0 Å². The fourth-order valence-corrected chi connectivity index (χ4v) is 2.75. The summed E-state index contributed by atoms with van der Waals surface area (Å²) in [6.45, 7) is 0. The predicted octanol–water partition coefficient (Wildman–Crippen LogP) is 3.17. The molecule has 6 heteroatoms. The largest absolute Gasteiger partial charge is 0.373 e. The number of nitrogens with one attached hydrogen (secondary N) is 1. The number of nitrogens with zero attached hydrogens (tertiary/aromatic N) is 1. The summed E-state index contributed by atoms with van der Waals surface area (Å²) < 4.78 is 14.2. The quantitative estimate of drug-likeness (QED) is 0.625. The van der Waals surface area contributed by atoms with Crippen molar-refractivity contribution in [3.63, 3.8) is 0 Å². The van der Waals surface area contributed by atoms with Gasteiger partial charge in [-0.3, -0.25) is 9.59 Å². The van der Waals surface area contributed by atoms with Crippen LogP contribution in [0.5, 0.6) is 0 Å². The molecule has 2 aromatic carbocycles. The highest BCUT2D eigenvalue weighted by Crippen LogP contribution is 2.25. The molecule has 1 saturated heterocycles. The number of rotatable bonds is 3. The van der Waals surface area contributed by atoms with Crippen LogP contribution in [0, 0.1) is 9.39 Å². The minimum atomic E-state index is -0.673. The van der Waals surface area contributed by atoms with Crippen molar-refractivity contribution >= 4 is 45.8 Å². The van der Waals surface area contributed by atoms with Gasteiger partial charge in [0.2, 0.25) is 5.91 Å². The third-order valence-corrected chi connectivity index (χ3v) is 4.12. The van der Waals surface area contributed by atoms with E-state index in [1.165, 1.54) is 17.0 Å². The Morgan fingerprint density at radius 2 is 1.86 bits per heavy atom. The zero-order valence-corrected chi connectivity index (χ0v) is 13.6. The van der Waals surface area contributed by atoms with E-state index in [9.17, 15) is 14.0 Å². The molecule has 22 heavy (non-hydrogen) atoms. The van der Waals surface area contributed by atoms with Crippen molar-refractivity contribution < 1.29 is 14.0 Å². The van der Waals surface area contributed by atoms with Gasteiger partial charge in [-0.05, 0) is 65.1 Å². The molecule has 4 nitrogen and oxygen atoms in total. The van der Waals surface area contributed by atoms with Crippen molar-refractivity contribution in [1.29, 1.82) is 0 Å². The number of carbonyl (C=O) groups excluding carboxylic acids is 2. The van der Waals surface area contributed by atoms with Crippen LogP contribution >= 0.6 is 22.6 Å². The number of anilines is 2. The molecule has 1 fully saturated rings. The molecule has 0 radical (unpaired) electrons. The van der Waals surface area contributed by atoms with E-state index in [4.69, 9.17) is 0 Å². The topological polar surface area (TPSA) is 49.4 Å². The first kappa shape index (κ1) is 15.0. The van der Waals surface area contributed by atoms with Crippen LogP contribution in [-0.2, 0) is 9.59 Å². The van der Waals surface area contributed by atoms with Crippen LogP contribution in [0.25, 0.3) is 0 Å². The van der Waals surface area contributed by atoms with Crippen LogP contribution in [0.2, 0.25) is 0 Å². The summed E-state index contributed by atoms with van der Waals surface area (Å²) in [7, 11) is 0. The third kappa shape index (κ3) is 2.96. The molecule has 0 saturated carbocycles. The number of hydrogen-bond acceptors (Lipinski definition) is 3. The Labute approximate surface area is 140 Å². The molecule has 1 atom stereocenters. The Morgan fingerprint density at radius 3 is 2.55 bits per heavy atom. The van der Waals surface area contributed by atoms with E-state index < -0.39 is 11.9 Å². The van der Waals surface area contributed by atoms with Crippen LogP contribution in [0.15, 0.2) is 48.5 Å². The van der Waals surface area contributed by atoms with E-state index in [0.717, 1.165) is 3.57 Å². The van der Waals surface area contributed by atoms with Crippen molar-refractivity contribution in [1.82, 2.24) is 0 Å². The second-order valence-corrected chi connectivity index (χ2v) is 6.20. The molecular formula is C16H12FIN2O2. The smallest absolute Gasteiger partial charge is 0.256 e. The highest BCUT2D eigenvalue weighted by atomic mass is 127. The summed E-state index contributed by atoms with van der Waals surface area (Å²) in [4.78, 5) is 25.7. The molecule has 0 unspecified atom stereocenters. The lowest BCUT2D eigenvalue weighted by atomic mass is 10.2. The highest BCUT2D eigenvalue weighted by molar-refractivity contribution is 14.1. The number of amides is 2. The maximum absolute atomic E-state index is 13.2. The third-order valence-electron chi connectivity index (χ3n) is 3.40. The number of carbonyl (C=O) groups is 2. The van der Waals surface area contributed by atoms with Gasteiger partial charge in [-0.2, -0.15) is 0 Å². The van der Waals surface area contributed by atoms with Crippen molar-refractivity contribution in [2.75, 3.05) is 10.2 Å². The second kappa shape index (κ2) is 6.04. The van der Waals surface area contributed by atoms with Gasteiger partial charge in [0.15, 0.2) is 0 Å². The summed E-state index contributed by atoms with van der Waals surface area (Å²) in [5, 5.41) is 2.92. The van der Waals surface area contributed by atoms with Gasteiger partial charge < -0.3 is 5.32 Å². The maximum atomic E-state index is 13.2. The average Bonchev–Trinajstić information content (AvgIpc) is 2.75. The fraction of sp³-hybridized carbons (Fsp3) is 0.125. The van der Waals surface area contributed by atoms with Gasteiger partial charge in [0.25, 0.3) is 5.91 Å².